The van der Waals surface area contributed by atoms with Crippen LogP contribution in [-0.2, 0) is 9.47 Å². The number of anilines is 1. The third-order valence-corrected chi connectivity index (χ3v) is 4.47. The van der Waals surface area contributed by atoms with Crippen molar-refractivity contribution < 1.29 is 33.1 Å². The Morgan fingerprint density at radius 1 is 0.893 bits per heavy atom. The maximum absolute atomic E-state index is 12.9. The standard InChI is InChI=1S/C20H13NO7/c1-26-19(24)15-13-8-11-12(9-14(13)28-16(15)20(25)27-2)18(23)21(17(11)22)10-6-4-3-5-7-10/h3-9H,1-2H3. The number of fused-ring (bicyclic) bond motifs is 2. The average molecular weight is 379 g/mol. The number of amides is 2. The van der Waals surface area contributed by atoms with Crippen molar-refractivity contribution >= 4 is 40.4 Å². The van der Waals surface area contributed by atoms with Crippen LogP contribution in [0.25, 0.3) is 11.0 Å². The lowest BCUT2D eigenvalue weighted by Gasteiger charge is -2.13. The van der Waals surface area contributed by atoms with Gasteiger partial charge in [-0.15, -0.1) is 0 Å². The second-order valence-corrected chi connectivity index (χ2v) is 5.96. The zero-order valence-corrected chi connectivity index (χ0v) is 14.8. The first kappa shape index (κ1) is 17.5. The Kier molecular flexibility index (Phi) is 3.96. The Hall–Kier alpha value is -3.94. The van der Waals surface area contributed by atoms with Crippen molar-refractivity contribution in [1.29, 1.82) is 0 Å². The zero-order chi connectivity index (χ0) is 20.0. The van der Waals surface area contributed by atoms with Crippen LogP contribution in [0.4, 0.5) is 5.69 Å². The molecule has 0 radical (unpaired) electrons. The molecule has 3 aromatic rings. The van der Waals surface area contributed by atoms with Crippen molar-refractivity contribution in [1.82, 2.24) is 0 Å². The first-order valence-corrected chi connectivity index (χ1v) is 8.19. The minimum Gasteiger partial charge on any atom is -0.465 e. The molecule has 0 aliphatic carbocycles. The second-order valence-electron chi connectivity index (χ2n) is 5.96. The van der Waals surface area contributed by atoms with Crippen LogP contribution in [0.2, 0.25) is 0 Å². The van der Waals surface area contributed by atoms with Gasteiger partial charge in [0.1, 0.15) is 11.1 Å². The third kappa shape index (κ3) is 2.38. The van der Waals surface area contributed by atoms with Gasteiger partial charge in [0.25, 0.3) is 11.8 Å². The highest BCUT2D eigenvalue weighted by Gasteiger charge is 2.39. The quantitative estimate of drug-likeness (QED) is 0.509. The fourth-order valence-electron chi connectivity index (χ4n) is 3.18. The molecule has 0 atom stereocenters. The summed E-state index contributed by atoms with van der Waals surface area (Å²) < 4.78 is 14.8. The van der Waals surface area contributed by atoms with Crippen LogP contribution in [-0.4, -0.2) is 38.0 Å². The maximum atomic E-state index is 12.9. The normalized spacial score (nSPS) is 13.0. The number of hydrogen-bond donors (Lipinski definition) is 0. The van der Waals surface area contributed by atoms with Gasteiger partial charge < -0.3 is 13.9 Å². The van der Waals surface area contributed by atoms with Gasteiger partial charge >= 0.3 is 11.9 Å². The summed E-state index contributed by atoms with van der Waals surface area (Å²) in [5.41, 5.74) is 0.571. The number of benzene rings is 2. The number of imide groups is 1. The summed E-state index contributed by atoms with van der Waals surface area (Å²) in [6, 6.07) is 11.2. The number of hydrogen-bond acceptors (Lipinski definition) is 7. The number of rotatable bonds is 3. The van der Waals surface area contributed by atoms with Crippen molar-refractivity contribution in [3.05, 3.63) is 64.9 Å². The molecule has 0 bridgehead atoms. The monoisotopic (exact) mass is 379 g/mol. The third-order valence-electron chi connectivity index (χ3n) is 4.47. The van der Waals surface area contributed by atoms with E-state index in [4.69, 9.17) is 9.15 Å². The summed E-state index contributed by atoms with van der Waals surface area (Å²) in [6.45, 7) is 0. The van der Waals surface area contributed by atoms with E-state index in [1.165, 1.54) is 12.1 Å². The molecule has 1 aliphatic rings. The lowest BCUT2D eigenvalue weighted by molar-refractivity contribution is 0.0531. The maximum Gasteiger partial charge on any atom is 0.374 e. The molecule has 0 saturated heterocycles. The van der Waals surface area contributed by atoms with E-state index < -0.39 is 23.8 Å². The summed E-state index contributed by atoms with van der Waals surface area (Å²) in [5.74, 6) is -3.11. The molecule has 140 valence electrons. The predicted molar refractivity (Wildman–Crippen MR) is 96.5 cm³/mol. The molecule has 1 aromatic heterocycles. The Labute approximate surface area is 158 Å². The number of methoxy groups -OCH3 is 2. The van der Waals surface area contributed by atoms with E-state index in [0.29, 0.717) is 5.69 Å². The van der Waals surface area contributed by atoms with Gasteiger partial charge in [-0.1, -0.05) is 18.2 Å². The van der Waals surface area contributed by atoms with Gasteiger partial charge in [-0.2, -0.15) is 0 Å². The van der Waals surface area contributed by atoms with Crippen LogP contribution in [0.5, 0.6) is 0 Å². The van der Waals surface area contributed by atoms with Gasteiger partial charge in [0.05, 0.1) is 31.0 Å². The van der Waals surface area contributed by atoms with Gasteiger partial charge in [-0.25, -0.2) is 14.5 Å². The Morgan fingerprint density at radius 2 is 1.50 bits per heavy atom. The fraction of sp³-hybridized carbons (Fsp3) is 0.100. The van der Waals surface area contributed by atoms with Crippen molar-refractivity contribution in [2.75, 3.05) is 19.1 Å². The predicted octanol–water partition coefficient (Wildman–Crippen LogP) is 2.81. The molecule has 2 aromatic carbocycles. The molecule has 8 heteroatoms. The molecule has 2 amide bonds. The molecule has 2 heterocycles. The van der Waals surface area contributed by atoms with Crippen LogP contribution < -0.4 is 4.90 Å². The first-order chi connectivity index (χ1) is 13.5. The van der Waals surface area contributed by atoms with Crippen LogP contribution >= 0.6 is 0 Å². The van der Waals surface area contributed by atoms with E-state index in [1.54, 1.807) is 30.3 Å². The smallest absolute Gasteiger partial charge is 0.374 e. The zero-order valence-electron chi connectivity index (χ0n) is 14.8. The molecule has 0 N–H and O–H groups in total. The van der Waals surface area contributed by atoms with Gasteiger partial charge in [-0.05, 0) is 24.3 Å². The lowest BCUT2D eigenvalue weighted by Crippen LogP contribution is -2.29. The molecule has 0 unspecified atom stereocenters. The van der Waals surface area contributed by atoms with Crippen LogP contribution in [0, 0.1) is 0 Å². The minimum absolute atomic E-state index is 0.0932. The summed E-state index contributed by atoms with van der Waals surface area (Å²) in [4.78, 5) is 50.9. The van der Waals surface area contributed by atoms with E-state index in [2.05, 4.69) is 4.74 Å². The van der Waals surface area contributed by atoms with Crippen LogP contribution in [0.3, 0.4) is 0 Å². The number of ether oxygens (including phenoxy) is 2. The Balaban J connectivity index is 1.93. The number of para-hydroxylation sites is 1. The number of carbonyl (C=O) groups excluding carboxylic acids is 4. The Morgan fingerprint density at radius 3 is 2.11 bits per heavy atom. The van der Waals surface area contributed by atoms with Crippen molar-refractivity contribution in [2.45, 2.75) is 0 Å². The van der Waals surface area contributed by atoms with Crippen molar-refractivity contribution in [2.24, 2.45) is 0 Å². The summed E-state index contributed by atoms with van der Waals surface area (Å²) >= 11 is 0. The molecule has 0 fully saturated rings. The summed E-state index contributed by atoms with van der Waals surface area (Å²) in [5, 5.41) is 0.182. The molecule has 0 saturated carbocycles. The van der Waals surface area contributed by atoms with Gasteiger partial charge in [-0.3, -0.25) is 9.59 Å². The molecule has 1 aliphatic heterocycles. The van der Waals surface area contributed by atoms with E-state index in [9.17, 15) is 19.2 Å². The molecule has 8 nitrogen and oxygen atoms in total. The fourth-order valence-corrected chi connectivity index (χ4v) is 3.18. The highest BCUT2D eigenvalue weighted by atomic mass is 16.5. The summed E-state index contributed by atoms with van der Waals surface area (Å²) in [7, 11) is 2.29. The second kappa shape index (κ2) is 6.34. The van der Waals surface area contributed by atoms with Crippen molar-refractivity contribution in [3.8, 4) is 0 Å². The Bertz CT molecular complexity index is 1160. The first-order valence-electron chi connectivity index (χ1n) is 8.19. The molecular formula is C20H13NO7. The van der Waals surface area contributed by atoms with E-state index >= 15 is 0 Å². The van der Waals surface area contributed by atoms with Crippen molar-refractivity contribution in [3.63, 3.8) is 0 Å². The van der Waals surface area contributed by atoms with E-state index in [-0.39, 0.29) is 33.4 Å². The number of carbonyl (C=O) groups is 4. The minimum atomic E-state index is -0.875. The molecule has 0 spiro atoms. The largest absolute Gasteiger partial charge is 0.465 e. The molecule has 4 rings (SSSR count). The SMILES string of the molecule is COC(=O)c1oc2cc3c(cc2c1C(=O)OC)C(=O)N(c1ccccc1)C3=O. The van der Waals surface area contributed by atoms with Gasteiger partial charge in [0.2, 0.25) is 5.76 Å². The highest BCUT2D eigenvalue weighted by molar-refractivity contribution is 6.35. The van der Waals surface area contributed by atoms with Gasteiger partial charge in [0.15, 0.2) is 0 Å². The van der Waals surface area contributed by atoms with Crippen LogP contribution in [0.15, 0.2) is 46.9 Å². The van der Waals surface area contributed by atoms with Gasteiger partial charge in [0, 0.05) is 5.39 Å². The highest BCUT2D eigenvalue weighted by Crippen LogP contribution is 2.35. The number of esters is 2. The number of nitrogens with zero attached hydrogens (tertiary/aromatic N) is 1. The molecule has 28 heavy (non-hydrogen) atoms. The summed E-state index contributed by atoms with van der Waals surface area (Å²) in [6.07, 6.45) is 0. The van der Waals surface area contributed by atoms with E-state index in [1.807, 2.05) is 0 Å². The number of furan rings is 1. The topological polar surface area (TPSA) is 103 Å². The lowest BCUT2D eigenvalue weighted by atomic mass is 10.0. The van der Waals surface area contributed by atoms with E-state index in [0.717, 1.165) is 19.1 Å². The van der Waals surface area contributed by atoms with Crippen LogP contribution in [0.1, 0.15) is 41.6 Å². The average Bonchev–Trinajstić information content (AvgIpc) is 3.21. The molecular weight excluding hydrogens is 366 g/mol.